The Labute approximate surface area is 181 Å². The molecule has 1 saturated heterocycles. The zero-order valence-electron chi connectivity index (χ0n) is 17.4. The Morgan fingerprint density at radius 2 is 1.97 bits per heavy atom. The Bertz CT molecular complexity index is 903. The van der Waals surface area contributed by atoms with Crippen LogP contribution in [0.5, 0.6) is 0 Å². The number of amides is 2. The van der Waals surface area contributed by atoms with Gasteiger partial charge < -0.3 is 14.7 Å². The summed E-state index contributed by atoms with van der Waals surface area (Å²) in [4.78, 5) is 28.0. The molecular formula is C23H28ClN3O3. The Balaban J connectivity index is 1.58. The van der Waals surface area contributed by atoms with Gasteiger partial charge in [0.15, 0.2) is 0 Å². The Morgan fingerprint density at radius 3 is 2.63 bits per heavy atom. The molecule has 1 N–H and O–H groups in total. The van der Waals surface area contributed by atoms with Crippen LogP contribution in [0.2, 0.25) is 5.02 Å². The van der Waals surface area contributed by atoms with Gasteiger partial charge in [0.2, 0.25) is 11.7 Å². The summed E-state index contributed by atoms with van der Waals surface area (Å²) in [5.41, 5.74) is 1.39. The highest BCUT2D eigenvalue weighted by atomic mass is 35.5. The molecule has 0 spiro atoms. The second-order valence-corrected chi connectivity index (χ2v) is 9.28. The van der Waals surface area contributed by atoms with Crippen molar-refractivity contribution in [1.82, 2.24) is 15.4 Å². The van der Waals surface area contributed by atoms with Gasteiger partial charge in [-0.25, -0.2) is 0 Å². The van der Waals surface area contributed by atoms with Crippen molar-refractivity contribution in [2.24, 2.45) is 11.8 Å². The molecule has 2 aromatic rings. The van der Waals surface area contributed by atoms with Crippen LogP contribution in [0.4, 0.5) is 0 Å². The summed E-state index contributed by atoms with van der Waals surface area (Å²) in [5.74, 6) is 0.555. The molecule has 2 amide bonds. The van der Waals surface area contributed by atoms with Gasteiger partial charge >= 0.3 is 0 Å². The number of rotatable bonds is 5. The first-order chi connectivity index (χ1) is 14.4. The first-order valence-electron chi connectivity index (χ1n) is 10.8. The fraction of sp³-hybridized carbons (Fsp3) is 0.522. The molecule has 0 bridgehead atoms. The molecule has 2 heterocycles. The highest BCUT2D eigenvalue weighted by Gasteiger charge is 2.41. The molecule has 4 rings (SSSR count). The molecule has 6 nitrogen and oxygen atoms in total. The van der Waals surface area contributed by atoms with E-state index in [0.29, 0.717) is 35.5 Å². The number of hydrogen-bond acceptors (Lipinski definition) is 4. The Kier molecular flexibility index (Phi) is 6.14. The van der Waals surface area contributed by atoms with Gasteiger partial charge in [0.05, 0.1) is 0 Å². The monoisotopic (exact) mass is 429 g/mol. The van der Waals surface area contributed by atoms with E-state index >= 15 is 0 Å². The van der Waals surface area contributed by atoms with Crippen molar-refractivity contribution < 1.29 is 14.1 Å². The average molecular weight is 430 g/mol. The van der Waals surface area contributed by atoms with E-state index in [1.807, 2.05) is 12.1 Å². The number of aromatic nitrogens is 1. The molecule has 1 aliphatic carbocycles. The summed E-state index contributed by atoms with van der Waals surface area (Å²) >= 11 is 5.95. The van der Waals surface area contributed by atoms with Gasteiger partial charge in [-0.2, -0.15) is 0 Å². The number of carbonyl (C=O) groups excluding carboxylic acids is 2. The molecule has 160 valence electrons. The molecular weight excluding hydrogens is 402 g/mol. The molecule has 0 radical (unpaired) electrons. The lowest BCUT2D eigenvalue weighted by Crippen LogP contribution is -2.63. The molecule has 1 aromatic carbocycles. The SMILES string of the molecule is CC(C)C[C@H]1C(=O)N[C@@H](C2CCCC2)CN1C(=O)c1cc(-c2ccc(Cl)cc2)no1. The van der Waals surface area contributed by atoms with Crippen molar-refractivity contribution in [3.8, 4) is 11.3 Å². The van der Waals surface area contributed by atoms with Crippen LogP contribution >= 0.6 is 11.6 Å². The second kappa shape index (κ2) is 8.80. The number of carbonyl (C=O) groups is 2. The van der Waals surface area contributed by atoms with Crippen LogP contribution in [0.15, 0.2) is 34.9 Å². The van der Waals surface area contributed by atoms with E-state index < -0.39 is 6.04 Å². The van der Waals surface area contributed by atoms with Crippen LogP contribution in [0.25, 0.3) is 11.3 Å². The van der Waals surface area contributed by atoms with Crippen LogP contribution in [0.3, 0.4) is 0 Å². The number of hydrogen-bond donors (Lipinski definition) is 1. The summed E-state index contributed by atoms with van der Waals surface area (Å²) in [6.07, 6.45) is 5.20. The van der Waals surface area contributed by atoms with Gasteiger partial charge in [-0.15, -0.1) is 0 Å². The predicted octanol–water partition coefficient (Wildman–Crippen LogP) is 4.54. The van der Waals surface area contributed by atoms with Gasteiger partial charge in [0.25, 0.3) is 5.91 Å². The van der Waals surface area contributed by atoms with E-state index in [1.54, 1.807) is 23.1 Å². The van der Waals surface area contributed by atoms with E-state index in [4.69, 9.17) is 16.1 Å². The molecule has 30 heavy (non-hydrogen) atoms. The fourth-order valence-electron chi connectivity index (χ4n) is 4.61. The fourth-order valence-corrected chi connectivity index (χ4v) is 4.74. The van der Waals surface area contributed by atoms with Gasteiger partial charge in [0.1, 0.15) is 11.7 Å². The van der Waals surface area contributed by atoms with Crippen molar-refractivity contribution >= 4 is 23.4 Å². The average Bonchev–Trinajstić information content (AvgIpc) is 3.41. The lowest BCUT2D eigenvalue weighted by atomic mass is 9.91. The third-order valence-electron chi connectivity index (χ3n) is 6.19. The first kappa shape index (κ1) is 20.9. The Hall–Kier alpha value is -2.34. The maximum absolute atomic E-state index is 13.4. The summed E-state index contributed by atoms with van der Waals surface area (Å²) < 4.78 is 5.41. The third kappa shape index (κ3) is 4.38. The van der Waals surface area contributed by atoms with Crippen molar-refractivity contribution in [2.45, 2.75) is 58.0 Å². The zero-order valence-corrected chi connectivity index (χ0v) is 18.2. The van der Waals surface area contributed by atoms with E-state index in [9.17, 15) is 9.59 Å². The number of nitrogens with one attached hydrogen (secondary N) is 1. The number of nitrogens with zero attached hydrogens (tertiary/aromatic N) is 2. The van der Waals surface area contributed by atoms with Crippen LogP contribution < -0.4 is 5.32 Å². The van der Waals surface area contributed by atoms with E-state index in [0.717, 1.165) is 18.4 Å². The first-order valence-corrected chi connectivity index (χ1v) is 11.1. The predicted molar refractivity (Wildman–Crippen MR) is 115 cm³/mol. The molecule has 2 fully saturated rings. The maximum Gasteiger partial charge on any atom is 0.293 e. The topological polar surface area (TPSA) is 75.4 Å². The standard InChI is InChI=1S/C23H28ClN3O3/c1-14(2)11-20-22(28)25-19(15-5-3-4-6-15)13-27(20)23(29)21-12-18(26-30-21)16-7-9-17(24)10-8-16/h7-10,12,14-15,19-20H,3-6,11,13H2,1-2H3,(H,25,28)/t19-,20+/m1/s1. The lowest BCUT2D eigenvalue weighted by Gasteiger charge is -2.41. The normalized spacial score (nSPS) is 22.5. The summed E-state index contributed by atoms with van der Waals surface area (Å²) in [7, 11) is 0. The quantitative estimate of drug-likeness (QED) is 0.757. The second-order valence-electron chi connectivity index (χ2n) is 8.85. The molecule has 7 heteroatoms. The summed E-state index contributed by atoms with van der Waals surface area (Å²) in [5, 5.41) is 7.89. The van der Waals surface area contributed by atoms with Gasteiger partial charge in [-0.1, -0.05) is 55.6 Å². The van der Waals surface area contributed by atoms with Crippen molar-refractivity contribution in [1.29, 1.82) is 0 Å². The largest absolute Gasteiger partial charge is 0.350 e. The van der Waals surface area contributed by atoms with E-state index in [1.165, 1.54) is 12.8 Å². The van der Waals surface area contributed by atoms with Crippen molar-refractivity contribution in [2.75, 3.05) is 6.54 Å². The molecule has 1 aromatic heterocycles. The number of piperazine rings is 1. The molecule has 0 unspecified atom stereocenters. The molecule has 1 saturated carbocycles. The number of halogens is 1. The van der Waals surface area contributed by atoms with E-state index in [-0.39, 0.29) is 23.6 Å². The lowest BCUT2D eigenvalue weighted by molar-refractivity contribution is -0.130. The highest BCUT2D eigenvalue weighted by Crippen LogP contribution is 2.31. The maximum atomic E-state index is 13.4. The van der Waals surface area contributed by atoms with Crippen LogP contribution in [0, 0.1) is 11.8 Å². The summed E-state index contributed by atoms with van der Waals surface area (Å²) in [6, 6.07) is 8.38. The Morgan fingerprint density at radius 1 is 1.27 bits per heavy atom. The smallest absolute Gasteiger partial charge is 0.293 e. The van der Waals surface area contributed by atoms with E-state index in [2.05, 4.69) is 24.3 Å². The molecule has 2 aliphatic rings. The molecule has 1 aliphatic heterocycles. The van der Waals surface area contributed by atoms with Crippen LogP contribution in [-0.4, -0.2) is 40.5 Å². The molecule has 2 atom stereocenters. The van der Waals surface area contributed by atoms with Crippen LogP contribution in [-0.2, 0) is 4.79 Å². The van der Waals surface area contributed by atoms with Crippen molar-refractivity contribution in [3.05, 3.63) is 41.1 Å². The highest BCUT2D eigenvalue weighted by molar-refractivity contribution is 6.30. The van der Waals surface area contributed by atoms with Crippen molar-refractivity contribution in [3.63, 3.8) is 0 Å². The number of benzene rings is 1. The minimum Gasteiger partial charge on any atom is -0.350 e. The van der Waals surface area contributed by atoms with Gasteiger partial charge in [-0.3, -0.25) is 9.59 Å². The van der Waals surface area contributed by atoms with Gasteiger partial charge in [-0.05, 0) is 43.2 Å². The van der Waals surface area contributed by atoms with Gasteiger partial charge in [0, 0.05) is 29.2 Å². The van der Waals surface area contributed by atoms with Crippen LogP contribution in [0.1, 0.15) is 56.5 Å². The summed E-state index contributed by atoms with van der Waals surface area (Å²) in [6.45, 7) is 4.64. The minimum absolute atomic E-state index is 0.00557. The minimum atomic E-state index is -0.487. The zero-order chi connectivity index (χ0) is 21.3. The third-order valence-corrected chi connectivity index (χ3v) is 6.44.